The summed E-state index contributed by atoms with van der Waals surface area (Å²) in [5.74, 6) is -4.96. The number of rotatable bonds is 5. The van der Waals surface area contributed by atoms with Crippen molar-refractivity contribution in [2.45, 2.75) is 6.18 Å². The summed E-state index contributed by atoms with van der Waals surface area (Å²) in [6.07, 6.45) is -5.09. The van der Waals surface area contributed by atoms with Crippen molar-refractivity contribution in [2.24, 2.45) is 0 Å². The summed E-state index contributed by atoms with van der Waals surface area (Å²) in [6, 6.07) is 14.1. The quantitative estimate of drug-likeness (QED) is 0.202. The van der Waals surface area contributed by atoms with Gasteiger partial charge in [-0.3, -0.25) is 4.79 Å². The summed E-state index contributed by atoms with van der Waals surface area (Å²) in [4.78, 5) is 25.1. The number of ether oxygens (including phenoxy) is 3. The number of fused-ring (bicyclic) bond motifs is 1. The maximum absolute atomic E-state index is 13.8. The van der Waals surface area contributed by atoms with E-state index in [4.69, 9.17) is 18.6 Å². The van der Waals surface area contributed by atoms with E-state index in [0.29, 0.717) is 0 Å². The van der Waals surface area contributed by atoms with Gasteiger partial charge in [-0.05, 0) is 36.4 Å². The molecule has 0 atom stereocenters. The molecule has 3 aromatic carbocycles. The Kier molecular flexibility index (Phi) is 5.97. The van der Waals surface area contributed by atoms with Crippen LogP contribution in [0.1, 0.15) is 16.1 Å². The zero-order valence-corrected chi connectivity index (χ0v) is 17.3. The van der Waals surface area contributed by atoms with Crippen molar-refractivity contribution in [1.29, 1.82) is 0 Å². The standard InChI is InChI=1S/C24H14F4O6/c1-31-17-8-4-5-9-18(17)33-21-20(29)15-11-10-13(12-19(15)34-22(21)24(26,27)28)32-23(30)14-6-2-3-7-16(14)25/h2-12H,1H3. The summed E-state index contributed by atoms with van der Waals surface area (Å²) in [7, 11) is 1.29. The molecule has 0 saturated carbocycles. The van der Waals surface area contributed by atoms with Gasteiger partial charge >= 0.3 is 12.1 Å². The Bertz CT molecular complexity index is 1440. The van der Waals surface area contributed by atoms with Crippen LogP contribution in [0.25, 0.3) is 11.0 Å². The Balaban J connectivity index is 1.78. The fraction of sp³-hybridized carbons (Fsp3) is 0.0833. The van der Waals surface area contributed by atoms with Gasteiger partial charge in [-0.15, -0.1) is 0 Å². The first-order chi connectivity index (χ1) is 16.2. The summed E-state index contributed by atoms with van der Waals surface area (Å²) < 4.78 is 75.4. The molecule has 6 nitrogen and oxygen atoms in total. The van der Waals surface area contributed by atoms with Gasteiger partial charge < -0.3 is 18.6 Å². The highest BCUT2D eigenvalue weighted by atomic mass is 19.4. The number of hydrogen-bond donors (Lipinski definition) is 0. The molecule has 0 aliphatic rings. The van der Waals surface area contributed by atoms with Crippen LogP contribution in [0.15, 0.2) is 75.9 Å². The molecule has 0 amide bonds. The van der Waals surface area contributed by atoms with Crippen LogP contribution >= 0.6 is 0 Å². The lowest BCUT2D eigenvalue weighted by Crippen LogP contribution is -2.16. The van der Waals surface area contributed by atoms with Crippen molar-refractivity contribution in [3.05, 3.63) is 94.1 Å². The number of hydrogen-bond acceptors (Lipinski definition) is 6. The van der Waals surface area contributed by atoms with E-state index >= 15 is 0 Å². The highest BCUT2D eigenvalue weighted by molar-refractivity contribution is 5.92. The van der Waals surface area contributed by atoms with Gasteiger partial charge in [-0.2, -0.15) is 13.2 Å². The third-order valence-electron chi connectivity index (χ3n) is 4.67. The Labute approximate surface area is 188 Å². The van der Waals surface area contributed by atoms with Crippen LogP contribution in [-0.2, 0) is 6.18 Å². The van der Waals surface area contributed by atoms with Crippen molar-refractivity contribution in [1.82, 2.24) is 0 Å². The molecule has 0 aliphatic heterocycles. The fourth-order valence-electron chi connectivity index (χ4n) is 3.10. The van der Waals surface area contributed by atoms with Gasteiger partial charge in [0, 0.05) is 6.07 Å². The van der Waals surface area contributed by atoms with E-state index in [2.05, 4.69) is 0 Å². The molecule has 0 aliphatic carbocycles. The molecule has 10 heteroatoms. The number of esters is 1. The molecular weight excluding hydrogens is 460 g/mol. The number of carbonyl (C=O) groups excluding carboxylic acids is 1. The zero-order valence-electron chi connectivity index (χ0n) is 17.3. The molecule has 0 radical (unpaired) electrons. The van der Waals surface area contributed by atoms with Crippen LogP contribution < -0.4 is 19.6 Å². The van der Waals surface area contributed by atoms with E-state index in [1.54, 1.807) is 6.07 Å². The molecule has 4 aromatic rings. The zero-order chi connectivity index (χ0) is 24.5. The van der Waals surface area contributed by atoms with Crippen molar-refractivity contribution in [3.63, 3.8) is 0 Å². The normalized spacial score (nSPS) is 11.3. The third-order valence-corrected chi connectivity index (χ3v) is 4.67. The van der Waals surface area contributed by atoms with E-state index in [1.807, 2.05) is 0 Å². The molecule has 4 rings (SSSR count). The molecule has 0 spiro atoms. The van der Waals surface area contributed by atoms with Crippen molar-refractivity contribution in [2.75, 3.05) is 7.11 Å². The average molecular weight is 474 g/mol. The van der Waals surface area contributed by atoms with Gasteiger partial charge in [0.05, 0.1) is 18.1 Å². The molecule has 0 bridgehead atoms. The second-order valence-electron chi connectivity index (χ2n) is 6.87. The summed E-state index contributed by atoms with van der Waals surface area (Å²) >= 11 is 0. The van der Waals surface area contributed by atoms with E-state index < -0.39 is 40.5 Å². The van der Waals surface area contributed by atoms with E-state index in [1.165, 1.54) is 43.5 Å². The summed E-state index contributed by atoms with van der Waals surface area (Å²) in [6.45, 7) is 0. The number of alkyl halides is 3. The lowest BCUT2D eigenvalue weighted by Gasteiger charge is -2.15. The second-order valence-corrected chi connectivity index (χ2v) is 6.87. The van der Waals surface area contributed by atoms with Crippen LogP contribution in [0, 0.1) is 5.82 Å². The molecule has 0 N–H and O–H groups in total. The minimum absolute atomic E-state index is 0.102. The third kappa shape index (κ3) is 4.42. The molecule has 1 aromatic heterocycles. The molecule has 34 heavy (non-hydrogen) atoms. The number of benzene rings is 3. The Morgan fingerprint density at radius 2 is 1.62 bits per heavy atom. The largest absolute Gasteiger partial charge is 0.493 e. The van der Waals surface area contributed by atoms with Crippen LogP contribution in [0.4, 0.5) is 17.6 Å². The minimum Gasteiger partial charge on any atom is -0.493 e. The molecule has 1 heterocycles. The Morgan fingerprint density at radius 1 is 0.941 bits per heavy atom. The topological polar surface area (TPSA) is 75.0 Å². The molecule has 174 valence electrons. The SMILES string of the molecule is COc1ccccc1Oc1c(C(F)(F)F)oc2cc(OC(=O)c3ccccc3F)ccc2c1=O. The van der Waals surface area contributed by atoms with E-state index in [9.17, 15) is 27.2 Å². The van der Waals surface area contributed by atoms with Gasteiger partial charge in [0.2, 0.25) is 11.2 Å². The van der Waals surface area contributed by atoms with E-state index in [0.717, 1.165) is 24.3 Å². The predicted molar refractivity (Wildman–Crippen MR) is 112 cm³/mol. The van der Waals surface area contributed by atoms with Gasteiger partial charge in [-0.1, -0.05) is 24.3 Å². The first kappa shape index (κ1) is 22.8. The Hall–Kier alpha value is -4.34. The molecule has 0 fully saturated rings. The van der Waals surface area contributed by atoms with Crippen molar-refractivity contribution in [3.8, 4) is 23.0 Å². The summed E-state index contributed by atoms with van der Waals surface area (Å²) in [5.41, 5.74) is -1.99. The van der Waals surface area contributed by atoms with E-state index in [-0.39, 0.29) is 28.2 Å². The van der Waals surface area contributed by atoms with Gasteiger partial charge in [0.25, 0.3) is 5.76 Å². The highest BCUT2D eigenvalue weighted by Gasteiger charge is 2.40. The van der Waals surface area contributed by atoms with Crippen LogP contribution in [0.5, 0.6) is 23.0 Å². The van der Waals surface area contributed by atoms with Crippen LogP contribution in [-0.4, -0.2) is 13.1 Å². The first-order valence-corrected chi connectivity index (χ1v) is 9.64. The first-order valence-electron chi connectivity index (χ1n) is 9.64. The minimum atomic E-state index is -5.09. The smallest absolute Gasteiger partial charge is 0.453 e. The molecular formula is C24H14F4O6. The number of carbonyl (C=O) groups is 1. The summed E-state index contributed by atoms with van der Waals surface area (Å²) in [5, 5.41) is -0.261. The molecule has 0 unspecified atom stereocenters. The van der Waals surface area contributed by atoms with Crippen molar-refractivity contribution < 1.29 is 41.0 Å². The maximum Gasteiger partial charge on any atom is 0.453 e. The number of methoxy groups -OCH3 is 1. The average Bonchev–Trinajstić information content (AvgIpc) is 2.80. The predicted octanol–water partition coefficient (Wildman–Crippen LogP) is 5.97. The lowest BCUT2D eigenvalue weighted by molar-refractivity contribution is -0.154. The van der Waals surface area contributed by atoms with Crippen molar-refractivity contribution >= 4 is 16.9 Å². The maximum atomic E-state index is 13.8. The van der Waals surface area contributed by atoms with Gasteiger partial charge in [0.15, 0.2) is 11.5 Å². The van der Waals surface area contributed by atoms with Crippen LogP contribution in [0.2, 0.25) is 0 Å². The lowest BCUT2D eigenvalue weighted by atomic mass is 10.2. The number of halogens is 4. The fourth-order valence-corrected chi connectivity index (χ4v) is 3.10. The highest BCUT2D eigenvalue weighted by Crippen LogP contribution is 2.40. The molecule has 0 saturated heterocycles. The van der Waals surface area contributed by atoms with Gasteiger partial charge in [-0.25, -0.2) is 9.18 Å². The van der Waals surface area contributed by atoms with Crippen LogP contribution in [0.3, 0.4) is 0 Å². The second kappa shape index (κ2) is 8.89. The Morgan fingerprint density at radius 3 is 2.29 bits per heavy atom. The monoisotopic (exact) mass is 474 g/mol. The number of para-hydroxylation sites is 2. The van der Waals surface area contributed by atoms with Gasteiger partial charge in [0.1, 0.15) is 17.1 Å².